The number of hydrogen-bond acceptors (Lipinski definition) is 11. The summed E-state index contributed by atoms with van der Waals surface area (Å²) in [4.78, 5) is 70.4. The van der Waals surface area contributed by atoms with Gasteiger partial charge < -0.3 is 28.8 Å². The van der Waals surface area contributed by atoms with Gasteiger partial charge in [0.15, 0.2) is 5.76 Å². The Labute approximate surface area is 274 Å². The molecule has 0 spiro atoms. The maximum absolute atomic E-state index is 14.8. The van der Waals surface area contributed by atoms with Crippen molar-refractivity contribution in [2.75, 3.05) is 21.3 Å². The molecule has 2 aliphatic carbocycles. The van der Waals surface area contributed by atoms with Crippen LogP contribution in [0.4, 0.5) is 0 Å². The zero-order chi connectivity index (χ0) is 34.4. The zero-order valence-electron chi connectivity index (χ0n) is 26.4. The summed E-state index contributed by atoms with van der Waals surface area (Å²) in [6, 6.07) is 20.2. The number of Topliss-reactive ketones (excluding diaryl/α,β-unsaturated/α-hetero) is 3. The van der Waals surface area contributed by atoms with Crippen LogP contribution >= 0.6 is 0 Å². The molecule has 0 saturated heterocycles. The Morgan fingerprint density at radius 1 is 0.792 bits per heavy atom. The van der Waals surface area contributed by atoms with Gasteiger partial charge in [-0.2, -0.15) is 0 Å². The lowest BCUT2D eigenvalue weighted by atomic mass is 9.60. The zero-order valence-corrected chi connectivity index (χ0v) is 26.4. The number of carbonyl (C=O) groups is 5. The molecule has 1 N–H and O–H groups in total. The summed E-state index contributed by atoms with van der Waals surface area (Å²) in [5.74, 6) is -6.33. The molecule has 0 saturated carbocycles. The Morgan fingerprint density at radius 3 is 2.00 bits per heavy atom. The summed E-state index contributed by atoms with van der Waals surface area (Å²) in [6.45, 7) is 1.05. The lowest BCUT2D eigenvalue weighted by molar-refractivity contribution is -0.176. The van der Waals surface area contributed by atoms with Crippen molar-refractivity contribution in [1.29, 1.82) is 0 Å². The van der Waals surface area contributed by atoms with E-state index in [1.807, 2.05) is 6.07 Å². The van der Waals surface area contributed by atoms with Gasteiger partial charge in [-0.15, -0.1) is 0 Å². The minimum Gasteiger partial charge on any atom is -0.496 e. The number of ether oxygens (including phenoxy) is 5. The topological polar surface area (TPSA) is 152 Å². The van der Waals surface area contributed by atoms with Crippen molar-refractivity contribution >= 4 is 39.9 Å². The summed E-state index contributed by atoms with van der Waals surface area (Å²) < 4.78 is 27.9. The van der Waals surface area contributed by atoms with Gasteiger partial charge in [-0.3, -0.25) is 19.2 Å². The SMILES string of the molecule is COC(=O)c1c(OC)cc2cc3c(c(OCc4ccccc4)c2c1C)C(=O)[C@]1(O)C(=O)C=C(OC)C(=O)[C@]1(OCc1ccccc1)C3=O. The number of aliphatic hydroxyl groups is 1. The van der Waals surface area contributed by atoms with Crippen molar-refractivity contribution in [3.8, 4) is 11.5 Å². The van der Waals surface area contributed by atoms with Gasteiger partial charge in [0.25, 0.3) is 0 Å². The van der Waals surface area contributed by atoms with Crippen LogP contribution in [-0.4, -0.2) is 66.7 Å². The van der Waals surface area contributed by atoms with E-state index in [0.717, 1.165) is 7.11 Å². The molecule has 4 aromatic carbocycles. The molecule has 0 unspecified atom stereocenters. The summed E-state index contributed by atoms with van der Waals surface area (Å²) >= 11 is 0. The predicted molar refractivity (Wildman–Crippen MR) is 170 cm³/mol. The van der Waals surface area contributed by atoms with E-state index in [2.05, 4.69) is 0 Å². The third-order valence-electron chi connectivity index (χ3n) is 8.74. The number of methoxy groups -OCH3 is 3. The first-order valence-corrected chi connectivity index (χ1v) is 14.8. The molecule has 0 fully saturated rings. The maximum atomic E-state index is 14.8. The van der Waals surface area contributed by atoms with Gasteiger partial charge in [0, 0.05) is 17.0 Å². The lowest BCUT2D eigenvalue weighted by Crippen LogP contribution is -2.76. The second-order valence-electron chi connectivity index (χ2n) is 11.3. The molecule has 2 aliphatic rings. The number of ketones is 4. The van der Waals surface area contributed by atoms with E-state index in [1.54, 1.807) is 61.5 Å². The normalized spacial score (nSPS) is 20.1. The molecule has 11 nitrogen and oxygen atoms in total. The highest BCUT2D eigenvalue weighted by Gasteiger charge is 2.75. The summed E-state index contributed by atoms with van der Waals surface area (Å²) in [6.07, 6.45) is 0.680. The first-order chi connectivity index (χ1) is 23.0. The molecular weight excluding hydrogens is 620 g/mol. The Kier molecular flexibility index (Phi) is 8.19. The van der Waals surface area contributed by atoms with E-state index < -0.39 is 58.2 Å². The molecular formula is C37H30O11. The second kappa shape index (κ2) is 12.2. The molecule has 4 aromatic rings. The molecule has 244 valence electrons. The van der Waals surface area contributed by atoms with Crippen molar-refractivity contribution in [2.24, 2.45) is 0 Å². The Hall–Kier alpha value is -5.65. The van der Waals surface area contributed by atoms with E-state index in [1.165, 1.54) is 26.4 Å². The van der Waals surface area contributed by atoms with Crippen molar-refractivity contribution in [2.45, 2.75) is 31.3 Å². The highest BCUT2D eigenvalue weighted by atomic mass is 16.5. The van der Waals surface area contributed by atoms with Crippen LogP contribution in [0.15, 0.2) is 84.6 Å². The molecule has 0 amide bonds. The van der Waals surface area contributed by atoms with Crippen LogP contribution in [-0.2, 0) is 37.0 Å². The summed E-state index contributed by atoms with van der Waals surface area (Å²) in [5.41, 5.74) is -5.69. The number of rotatable bonds is 9. The van der Waals surface area contributed by atoms with Gasteiger partial charge in [-0.25, -0.2) is 4.79 Å². The third-order valence-corrected chi connectivity index (χ3v) is 8.74. The van der Waals surface area contributed by atoms with E-state index in [9.17, 15) is 29.1 Å². The molecule has 0 heterocycles. The molecule has 6 rings (SSSR count). The van der Waals surface area contributed by atoms with E-state index in [0.29, 0.717) is 22.6 Å². The quantitative estimate of drug-likeness (QED) is 0.204. The number of fused-ring (bicyclic) bond motifs is 3. The lowest BCUT2D eigenvalue weighted by Gasteiger charge is -2.46. The fourth-order valence-electron chi connectivity index (χ4n) is 6.36. The number of esters is 1. The van der Waals surface area contributed by atoms with Gasteiger partial charge in [0.05, 0.1) is 33.5 Å². The smallest absolute Gasteiger partial charge is 0.341 e. The fraction of sp³-hybridized carbons (Fsp3) is 0.216. The fourth-order valence-corrected chi connectivity index (χ4v) is 6.36. The minimum absolute atomic E-state index is 0.0300. The number of aryl methyl sites for hydroxylation is 1. The van der Waals surface area contributed by atoms with Crippen LogP contribution in [0.3, 0.4) is 0 Å². The van der Waals surface area contributed by atoms with Gasteiger partial charge in [-0.1, -0.05) is 60.7 Å². The highest BCUT2D eigenvalue weighted by Crippen LogP contribution is 2.50. The third kappa shape index (κ3) is 4.62. The molecule has 0 aromatic heterocycles. The monoisotopic (exact) mass is 650 g/mol. The van der Waals surface area contributed by atoms with Gasteiger partial charge in [0.2, 0.25) is 34.3 Å². The van der Waals surface area contributed by atoms with E-state index >= 15 is 0 Å². The average Bonchev–Trinajstić information content (AvgIpc) is 3.11. The molecule has 11 heteroatoms. The van der Waals surface area contributed by atoms with Crippen LogP contribution in [0, 0.1) is 6.92 Å². The van der Waals surface area contributed by atoms with Crippen LogP contribution in [0.25, 0.3) is 10.8 Å². The second-order valence-corrected chi connectivity index (χ2v) is 11.3. The summed E-state index contributed by atoms with van der Waals surface area (Å²) in [5, 5.41) is 12.8. The Balaban J connectivity index is 1.68. The summed E-state index contributed by atoms with van der Waals surface area (Å²) in [7, 11) is 3.67. The van der Waals surface area contributed by atoms with Gasteiger partial charge in [0.1, 0.15) is 23.7 Å². The average molecular weight is 651 g/mol. The molecule has 0 aliphatic heterocycles. The van der Waals surface area contributed by atoms with Gasteiger partial charge in [-0.05, 0) is 41.1 Å². The molecule has 2 atom stereocenters. The molecule has 0 bridgehead atoms. The highest BCUT2D eigenvalue weighted by molar-refractivity contribution is 6.43. The molecule has 0 radical (unpaired) electrons. The number of hydrogen-bond donors (Lipinski definition) is 1. The van der Waals surface area contributed by atoms with Crippen molar-refractivity contribution in [3.63, 3.8) is 0 Å². The minimum atomic E-state index is -3.34. The number of benzene rings is 4. The standard InChI is InChI=1S/C37H30O11/c1-20-28-23(16-25(44-2)29(20)35(42)46-4)15-24-30(31(28)47-18-21-11-7-5-8-12-21)34(41)36(43)27(38)17-26(45-3)33(40)37(36,32(24)39)48-19-22-13-9-6-10-14-22/h5-17,43H,18-19H2,1-4H3/t36-,37-/m1/s1. The first-order valence-electron chi connectivity index (χ1n) is 14.8. The molecule has 48 heavy (non-hydrogen) atoms. The van der Waals surface area contributed by atoms with Crippen LogP contribution in [0.5, 0.6) is 11.5 Å². The Bertz CT molecular complexity index is 2050. The van der Waals surface area contributed by atoms with Crippen molar-refractivity contribution < 1.29 is 52.8 Å². The van der Waals surface area contributed by atoms with Crippen molar-refractivity contribution in [3.05, 3.63) is 118 Å². The Morgan fingerprint density at radius 2 is 1.42 bits per heavy atom. The largest absolute Gasteiger partial charge is 0.496 e. The maximum Gasteiger partial charge on any atom is 0.341 e. The van der Waals surface area contributed by atoms with Crippen LogP contribution in [0.1, 0.15) is 47.8 Å². The predicted octanol–water partition coefficient (Wildman–Crippen LogP) is 4.27. The van der Waals surface area contributed by atoms with Crippen molar-refractivity contribution in [1.82, 2.24) is 0 Å². The number of carbonyl (C=O) groups excluding carboxylic acids is 5. The first kappa shape index (κ1) is 32.3. The van der Waals surface area contributed by atoms with E-state index in [-0.39, 0.29) is 40.2 Å². The van der Waals surface area contributed by atoms with Gasteiger partial charge >= 0.3 is 5.97 Å². The van der Waals surface area contributed by atoms with Crippen LogP contribution in [0.2, 0.25) is 0 Å². The van der Waals surface area contributed by atoms with Crippen LogP contribution < -0.4 is 9.47 Å². The van der Waals surface area contributed by atoms with E-state index in [4.69, 9.17) is 23.7 Å².